The third-order valence-electron chi connectivity index (χ3n) is 5.05. The molecule has 0 saturated heterocycles. The van der Waals surface area contributed by atoms with Crippen molar-refractivity contribution in [1.29, 1.82) is 0 Å². The number of nitrogens with two attached hydrogens (primary N) is 1. The lowest BCUT2D eigenvalue weighted by Crippen LogP contribution is -2.27. The highest BCUT2D eigenvalue weighted by Gasteiger charge is 2.22. The van der Waals surface area contributed by atoms with E-state index in [1.165, 1.54) is 31.2 Å². The summed E-state index contributed by atoms with van der Waals surface area (Å²) in [7, 11) is 0. The van der Waals surface area contributed by atoms with Crippen molar-refractivity contribution in [2.45, 2.75) is 38.1 Å². The van der Waals surface area contributed by atoms with E-state index in [0.717, 1.165) is 29.0 Å². The Morgan fingerprint density at radius 1 is 0.960 bits per heavy atom. The van der Waals surface area contributed by atoms with Crippen LogP contribution in [0.5, 0.6) is 0 Å². The van der Waals surface area contributed by atoms with Crippen LogP contribution >= 0.6 is 0 Å². The van der Waals surface area contributed by atoms with Crippen molar-refractivity contribution in [2.24, 2.45) is 5.92 Å². The Morgan fingerprint density at radius 2 is 1.80 bits per heavy atom. The van der Waals surface area contributed by atoms with E-state index in [0.29, 0.717) is 12.0 Å². The predicted octanol–water partition coefficient (Wildman–Crippen LogP) is 3.82. The van der Waals surface area contributed by atoms with Gasteiger partial charge in [-0.3, -0.25) is 9.97 Å². The van der Waals surface area contributed by atoms with Crippen molar-refractivity contribution in [1.82, 2.24) is 15.0 Å². The fraction of sp³-hybridized carbons (Fsp3) is 0.350. The average molecular weight is 333 g/mol. The summed E-state index contributed by atoms with van der Waals surface area (Å²) in [5.41, 5.74) is 9.93. The van der Waals surface area contributed by atoms with Gasteiger partial charge >= 0.3 is 0 Å². The summed E-state index contributed by atoms with van der Waals surface area (Å²) >= 11 is 0. The summed E-state index contributed by atoms with van der Waals surface area (Å²) in [5, 5.41) is 3.55. The van der Waals surface area contributed by atoms with Crippen LogP contribution in [-0.2, 0) is 6.42 Å². The first-order valence-corrected chi connectivity index (χ1v) is 8.94. The van der Waals surface area contributed by atoms with Gasteiger partial charge in [-0.05, 0) is 67.9 Å². The van der Waals surface area contributed by atoms with Gasteiger partial charge in [-0.2, -0.15) is 0 Å². The van der Waals surface area contributed by atoms with Gasteiger partial charge in [0.15, 0.2) is 0 Å². The molecule has 1 saturated carbocycles. The monoisotopic (exact) mass is 333 g/mol. The SMILES string of the molecule is Nc1cc(CC2CCC(Nc3ccccn3)CC2)c2nccnc2c1. The van der Waals surface area contributed by atoms with Crippen molar-refractivity contribution in [3.63, 3.8) is 0 Å². The minimum atomic E-state index is 0.517. The highest BCUT2D eigenvalue weighted by molar-refractivity contribution is 5.81. The molecule has 1 aromatic carbocycles. The Bertz CT molecular complexity index is 841. The van der Waals surface area contributed by atoms with E-state index in [-0.39, 0.29) is 0 Å². The Morgan fingerprint density at radius 3 is 2.60 bits per heavy atom. The van der Waals surface area contributed by atoms with Crippen LogP contribution in [0.15, 0.2) is 48.9 Å². The molecule has 0 spiro atoms. The number of aromatic nitrogens is 3. The smallest absolute Gasteiger partial charge is 0.126 e. The molecule has 4 rings (SSSR count). The van der Waals surface area contributed by atoms with Crippen LogP contribution < -0.4 is 11.1 Å². The van der Waals surface area contributed by atoms with Gasteiger partial charge in [0.2, 0.25) is 0 Å². The fourth-order valence-electron chi connectivity index (χ4n) is 3.81. The molecule has 5 nitrogen and oxygen atoms in total. The summed E-state index contributed by atoms with van der Waals surface area (Å²) in [6.45, 7) is 0. The van der Waals surface area contributed by atoms with E-state index in [2.05, 4.69) is 26.3 Å². The van der Waals surface area contributed by atoms with Gasteiger partial charge in [-0.15, -0.1) is 0 Å². The van der Waals surface area contributed by atoms with E-state index in [1.54, 1.807) is 12.4 Å². The van der Waals surface area contributed by atoms with Crippen LogP contribution in [0.1, 0.15) is 31.2 Å². The molecule has 5 heteroatoms. The normalized spacial score (nSPS) is 20.5. The van der Waals surface area contributed by atoms with Gasteiger partial charge in [0.05, 0.1) is 11.0 Å². The summed E-state index contributed by atoms with van der Waals surface area (Å²) in [6.07, 6.45) is 11.1. The van der Waals surface area contributed by atoms with Crippen molar-refractivity contribution >= 4 is 22.5 Å². The molecule has 25 heavy (non-hydrogen) atoms. The lowest BCUT2D eigenvalue weighted by atomic mass is 9.82. The topological polar surface area (TPSA) is 76.7 Å². The van der Waals surface area contributed by atoms with Crippen LogP contribution in [0.2, 0.25) is 0 Å². The molecule has 0 unspecified atom stereocenters. The maximum Gasteiger partial charge on any atom is 0.126 e. The van der Waals surface area contributed by atoms with E-state index in [9.17, 15) is 0 Å². The highest BCUT2D eigenvalue weighted by Crippen LogP contribution is 2.31. The van der Waals surface area contributed by atoms with Crippen molar-refractivity contribution < 1.29 is 0 Å². The molecule has 2 aromatic heterocycles. The number of rotatable bonds is 4. The molecule has 3 N–H and O–H groups in total. The van der Waals surface area contributed by atoms with Gasteiger partial charge in [0.1, 0.15) is 5.82 Å². The lowest BCUT2D eigenvalue weighted by molar-refractivity contribution is 0.336. The molecule has 1 fully saturated rings. The lowest BCUT2D eigenvalue weighted by Gasteiger charge is -2.29. The summed E-state index contributed by atoms with van der Waals surface area (Å²) in [6, 6.07) is 10.5. The maximum atomic E-state index is 6.05. The summed E-state index contributed by atoms with van der Waals surface area (Å²) < 4.78 is 0. The zero-order chi connectivity index (χ0) is 17.1. The Balaban J connectivity index is 1.41. The zero-order valence-corrected chi connectivity index (χ0v) is 14.2. The number of nitrogens with zero attached hydrogens (tertiary/aromatic N) is 3. The second-order valence-corrected chi connectivity index (χ2v) is 6.89. The fourth-order valence-corrected chi connectivity index (χ4v) is 3.81. The molecule has 0 bridgehead atoms. The molecule has 128 valence electrons. The standard InChI is InChI=1S/C20H23N5/c21-16-12-15(20-18(13-16)22-9-10-24-20)11-14-4-6-17(7-5-14)25-19-3-1-2-8-23-19/h1-3,8-10,12-14,17H,4-7,11,21H2,(H,23,25). The van der Waals surface area contributed by atoms with Crippen molar-refractivity contribution in [2.75, 3.05) is 11.1 Å². The third-order valence-corrected chi connectivity index (χ3v) is 5.05. The van der Waals surface area contributed by atoms with E-state index in [1.807, 2.05) is 30.5 Å². The van der Waals surface area contributed by atoms with Gasteiger partial charge in [0, 0.05) is 30.3 Å². The first kappa shape index (κ1) is 15.8. The highest BCUT2D eigenvalue weighted by atomic mass is 15.0. The van der Waals surface area contributed by atoms with Crippen LogP contribution in [0.3, 0.4) is 0 Å². The number of hydrogen-bond acceptors (Lipinski definition) is 5. The minimum absolute atomic E-state index is 0.517. The molecule has 3 aromatic rings. The number of nitrogens with one attached hydrogen (secondary N) is 1. The van der Waals surface area contributed by atoms with Crippen LogP contribution in [0.4, 0.5) is 11.5 Å². The zero-order valence-electron chi connectivity index (χ0n) is 14.2. The Labute approximate surface area is 147 Å². The molecular weight excluding hydrogens is 310 g/mol. The molecule has 1 aliphatic rings. The van der Waals surface area contributed by atoms with Gasteiger partial charge in [-0.1, -0.05) is 6.07 Å². The number of benzene rings is 1. The van der Waals surface area contributed by atoms with Gasteiger partial charge in [0.25, 0.3) is 0 Å². The molecule has 0 amide bonds. The molecule has 1 aliphatic carbocycles. The Kier molecular flexibility index (Phi) is 4.46. The Hall–Kier alpha value is -2.69. The van der Waals surface area contributed by atoms with E-state index >= 15 is 0 Å². The molecule has 2 heterocycles. The second kappa shape index (κ2) is 7.05. The molecule has 0 aliphatic heterocycles. The van der Waals surface area contributed by atoms with Crippen molar-refractivity contribution in [3.8, 4) is 0 Å². The van der Waals surface area contributed by atoms with Crippen LogP contribution in [-0.4, -0.2) is 21.0 Å². The largest absolute Gasteiger partial charge is 0.399 e. The number of fused-ring (bicyclic) bond motifs is 1. The summed E-state index contributed by atoms with van der Waals surface area (Å²) in [5.74, 6) is 1.65. The van der Waals surface area contributed by atoms with E-state index in [4.69, 9.17) is 5.73 Å². The summed E-state index contributed by atoms with van der Waals surface area (Å²) in [4.78, 5) is 13.3. The third kappa shape index (κ3) is 3.71. The first-order valence-electron chi connectivity index (χ1n) is 8.94. The van der Waals surface area contributed by atoms with E-state index < -0.39 is 0 Å². The number of hydrogen-bond donors (Lipinski definition) is 2. The number of anilines is 2. The average Bonchev–Trinajstić information content (AvgIpc) is 2.64. The molecule has 0 radical (unpaired) electrons. The quantitative estimate of drug-likeness (QED) is 0.710. The molecular formula is C20H23N5. The first-order chi connectivity index (χ1) is 12.3. The minimum Gasteiger partial charge on any atom is -0.399 e. The van der Waals surface area contributed by atoms with Crippen molar-refractivity contribution in [3.05, 3.63) is 54.5 Å². The maximum absolute atomic E-state index is 6.05. The van der Waals surface area contributed by atoms with Crippen LogP contribution in [0, 0.1) is 5.92 Å². The number of pyridine rings is 1. The number of nitrogen functional groups attached to an aromatic ring is 1. The van der Waals surface area contributed by atoms with Gasteiger partial charge in [-0.25, -0.2) is 4.98 Å². The predicted molar refractivity (Wildman–Crippen MR) is 101 cm³/mol. The van der Waals surface area contributed by atoms with Gasteiger partial charge < -0.3 is 11.1 Å². The second-order valence-electron chi connectivity index (χ2n) is 6.89. The van der Waals surface area contributed by atoms with Crippen LogP contribution in [0.25, 0.3) is 11.0 Å². The molecule has 0 atom stereocenters.